The van der Waals surface area contributed by atoms with Crippen LogP contribution in [0.25, 0.3) is 0 Å². The van der Waals surface area contributed by atoms with Gasteiger partial charge >= 0.3 is 0 Å². The molecule has 0 atom stereocenters. The minimum absolute atomic E-state index is 0.319. The van der Waals surface area contributed by atoms with E-state index in [1.54, 1.807) is 24.3 Å². The van der Waals surface area contributed by atoms with Crippen molar-refractivity contribution in [2.75, 3.05) is 36.6 Å². The van der Waals surface area contributed by atoms with E-state index in [0.29, 0.717) is 27.9 Å². The third kappa shape index (κ3) is 5.63. The predicted octanol–water partition coefficient (Wildman–Crippen LogP) is 3.37. The van der Waals surface area contributed by atoms with Crippen molar-refractivity contribution in [3.63, 3.8) is 0 Å². The molecule has 1 N–H and O–H groups in total. The van der Waals surface area contributed by atoms with Crippen LogP contribution in [0.1, 0.15) is 0 Å². The van der Waals surface area contributed by atoms with Gasteiger partial charge in [-0.3, -0.25) is 9.10 Å². The summed E-state index contributed by atoms with van der Waals surface area (Å²) in [4.78, 5) is 12.5. The van der Waals surface area contributed by atoms with Crippen LogP contribution in [0, 0.1) is 3.57 Å². The Morgan fingerprint density at radius 3 is 2.26 bits per heavy atom. The molecule has 0 heterocycles. The molecule has 0 spiro atoms. The number of sulfonamides is 1. The molecule has 0 unspecified atom stereocenters. The lowest BCUT2D eigenvalue weighted by Gasteiger charge is -2.22. The average molecular weight is 525 g/mol. The number of nitrogens with one attached hydrogen (secondary N) is 1. The maximum Gasteiger partial charge on any atom is 0.245 e. The van der Waals surface area contributed by atoms with E-state index in [4.69, 9.17) is 21.1 Å². The zero-order valence-electron chi connectivity index (χ0n) is 14.8. The highest BCUT2D eigenvalue weighted by Crippen LogP contribution is 2.35. The van der Waals surface area contributed by atoms with Crippen LogP contribution in [0.5, 0.6) is 11.5 Å². The van der Waals surface area contributed by atoms with Crippen LogP contribution in [0.2, 0.25) is 5.02 Å². The molecule has 2 aromatic rings. The Hall–Kier alpha value is -1.72. The normalized spacial score (nSPS) is 11.0. The number of ether oxygens (including phenoxy) is 2. The lowest BCUT2D eigenvalue weighted by molar-refractivity contribution is -0.114. The van der Waals surface area contributed by atoms with Gasteiger partial charge in [0.05, 0.1) is 36.9 Å². The van der Waals surface area contributed by atoms with Crippen molar-refractivity contribution in [1.29, 1.82) is 0 Å². The number of hydrogen-bond donors (Lipinski definition) is 1. The highest BCUT2D eigenvalue weighted by Gasteiger charge is 2.22. The second-order valence-corrected chi connectivity index (χ2v) is 9.04. The SMILES string of the molecule is COc1cc(NC(=O)CN(c2ccc(I)cc2)S(C)(=O)=O)c(OC)cc1Cl. The van der Waals surface area contributed by atoms with Crippen LogP contribution in [0.3, 0.4) is 0 Å². The van der Waals surface area contributed by atoms with Gasteiger partial charge in [0.25, 0.3) is 0 Å². The fourth-order valence-electron chi connectivity index (χ4n) is 2.29. The number of benzene rings is 2. The summed E-state index contributed by atoms with van der Waals surface area (Å²) in [5.41, 5.74) is 0.716. The van der Waals surface area contributed by atoms with Gasteiger partial charge in [0.2, 0.25) is 15.9 Å². The molecule has 0 radical (unpaired) electrons. The topological polar surface area (TPSA) is 84.9 Å². The Labute approximate surface area is 176 Å². The Morgan fingerprint density at radius 1 is 1.15 bits per heavy atom. The fraction of sp³-hybridized carbons (Fsp3) is 0.235. The number of hydrogen-bond acceptors (Lipinski definition) is 5. The Bertz CT molecular complexity index is 935. The molecule has 0 saturated carbocycles. The van der Waals surface area contributed by atoms with Crippen molar-refractivity contribution in [1.82, 2.24) is 0 Å². The van der Waals surface area contributed by atoms with Gasteiger partial charge in [0.1, 0.15) is 18.0 Å². The molecule has 0 saturated heterocycles. The molecule has 146 valence electrons. The van der Waals surface area contributed by atoms with Crippen molar-refractivity contribution in [3.05, 3.63) is 45.0 Å². The Balaban J connectivity index is 2.28. The molecule has 7 nitrogen and oxygen atoms in total. The molecule has 2 rings (SSSR count). The molecule has 0 aromatic heterocycles. The van der Waals surface area contributed by atoms with Crippen molar-refractivity contribution >= 4 is 61.5 Å². The van der Waals surface area contributed by atoms with Gasteiger partial charge in [-0.15, -0.1) is 0 Å². The number of nitrogens with zero attached hydrogens (tertiary/aromatic N) is 1. The quantitative estimate of drug-likeness (QED) is 0.562. The second-order valence-electron chi connectivity index (χ2n) is 5.48. The number of anilines is 2. The molecule has 1 amide bonds. The molecular weight excluding hydrogens is 507 g/mol. The third-order valence-electron chi connectivity index (χ3n) is 3.55. The van der Waals surface area contributed by atoms with Crippen molar-refractivity contribution in [3.8, 4) is 11.5 Å². The first-order chi connectivity index (χ1) is 12.7. The number of methoxy groups -OCH3 is 2. The van der Waals surface area contributed by atoms with Crippen molar-refractivity contribution < 1.29 is 22.7 Å². The van der Waals surface area contributed by atoms with Crippen LogP contribution < -0.4 is 19.1 Å². The first-order valence-corrected chi connectivity index (χ1v) is 10.9. The minimum atomic E-state index is -3.66. The number of halogens is 2. The first kappa shape index (κ1) is 21.6. The highest BCUT2D eigenvalue weighted by molar-refractivity contribution is 14.1. The summed E-state index contributed by atoms with van der Waals surface area (Å²) >= 11 is 8.16. The summed E-state index contributed by atoms with van der Waals surface area (Å²) in [5, 5.41) is 2.96. The largest absolute Gasteiger partial charge is 0.495 e. The van der Waals surface area contributed by atoms with Crippen LogP contribution >= 0.6 is 34.2 Å². The molecule has 10 heteroatoms. The van der Waals surface area contributed by atoms with Crippen LogP contribution in [0.4, 0.5) is 11.4 Å². The van der Waals surface area contributed by atoms with Gasteiger partial charge in [0.15, 0.2) is 0 Å². The molecule has 0 fully saturated rings. The molecule has 0 bridgehead atoms. The summed E-state index contributed by atoms with van der Waals surface area (Å²) in [7, 11) is -0.782. The summed E-state index contributed by atoms with van der Waals surface area (Å²) in [6.07, 6.45) is 1.05. The lowest BCUT2D eigenvalue weighted by atomic mass is 10.2. The van der Waals surface area contributed by atoms with Gasteiger partial charge < -0.3 is 14.8 Å². The van der Waals surface area contributed by atoms with Gasteiger partial charge in [-0.25, -0.2) is 8.42 Å². The number of amides is 1. The average Bonchev–Trinajstić information content (AvgIpc) is 2.60. The Morgan fingerprint density at radius 2 is 1.74 bits per heavy atom. The van der Waals surface area contributed by atoms with Gasteiger partial charge in [-0.1, -0.05) is 11.6 Å². The number of rotatable bonds is 7. The van der Waals surface area contributed by atoms with Gasteiger partial charge in [-0.05, 0) is 46.9 Å². The van der Waals surface area contributed by atoms with Gasteiger partial charge in [-0.2, -0.15) is 0 Å². The van der Waals surface area contributed by atoms with E-state index < -0.39 is 22.5 Å². The van der Waals surface area contributed by atoms with Crippen LogP contribution in [-0.2, 0) is 14.8 Å². The highest BCUT2D eigenvalue weighted by atomic mass is 127. The predicted molar refractivity (Wildman–Crippen MR) is 115 cm³/mol. The fourth-order valence-corrected chi connectivity index (χ4v) is 3.73. The van der Waals surface area contributed by atoms with Crippen molar-refractivity contribution in [2.45, 2.75) is 0 Å². The number of carbonyl (C=O) groups is 1. The Kier molecular flexibility index (Phi) is 7.18. The molecular formula is C17H18ClIN2O5S. The van der Waals surface area contributed by atoms with E-state index in [0.717, 1.165) is 14.1 Å². The summed E-state index contributed by atoms with van der Waals surface area (Å²) in [6.45, 7) is -0.395. The standard InChI is InChI=1S/C17H18ClIN2O5S/c1-25-15-9-14(16(26-2)8-13(15)18)20-17(22)10-21(27(3,23)24)12-6-4-11(19)5-7-12/h4-9H,10H2,1-3H3,(H,20,22). The zero-order valence-corrected chi connectivity index (χ0v) is 18.6. The monoisotopic (exact) mass is 524 g/mol. The molecule has 0 aliphatic rings. The zero-order chi connectivity index (χ0) is 20.2. The van der Waals surface area contributed by atoms with E-state index in [9.17, 15) is 13.2 Å². The first-order valence-electron chi connectivity index (χ1n) is 7.60. The second kappa shape index (κ2) is 8.98. The number of carbonyl (C=O) groups excluding carboxylic acids is 1. The summed E-state index contributed by atoms with van der Waals surface area (Å²) in [6, 6.07) is 9.82. The van der Waals surface area contributed by atoms with E-state index >= 15 is 0 Å². The van der Waals surface area contributed by atoms with E-state index in [2.05, 4.69) is 27.9 Å². The minimum Gasteiger partial charge on any atom is -0.495 e. The van der Waals surface area contributed by atoms with E-state index in [1.807, 2.05) is 0 Å². The molecule has 0 aliphatic heterocycles. The van der Waals surface area contributed by atoms with E-state index in [1.165, 1.54) is 26.4 Å². The lowest BCUT2D eigenvalue weighted by Crippen LogP contribution is -2.37. The molecule has 27 heavy (non-hydrogen) atoms. The molecule has 0 aliphatic carbocycles. The summed E-state index contributed by atoms with van der Waals surface area (Å²) < 4.78 is 36.6. The smallest absolute Gasteiger partial charge is 0.245 e. The summed E-state index contributed by atoms with van der Waals surface area (Å²) in [5.74, 6) is 0.140. The molecule has 2 aromatic carbocycles. The van der Waals surface area contributed by atoms with Gasteiger partial charge in [0, 0.05) is 15.7 Å². The maximum atomic E-state index is 12.5. The van der Waals surface area contributed by atoms with Crippen LogP contribution in [0.15, 0.2) is 36.4 Å². The maximum absolute atomic E-state index is 12.5. The van der Waals surface area contributed by atoms with E-state index in [-0.39, 0.29) is 0 Å². The van der Waals surface area contributed by atoms with Crippen LogP contribution in [-0.4, -0.2) is 41.3 Å². The van der Waals surface area contributed by atoms with Crippen molar-refractivity contribution in [2.24, 2.45) is 0 Å². The third-order valence-corrected chi connectivity index (χ3v) is 5.71.